The summed E-state index contributed by atoms with van der Waals surface area (Å²) in [7, 11) is 1.95. The molecule has 100 valence electrons. The largest absolute Gasteiger partial charge is 0.385 e. The molecule has 1 aromatic carbocycles. The van der Waals surface area contributed by atoms with E-state index in [4.69, 9.17) is 0 Å². The van der Waals surface area contributed by atoms with Crippen molar-refractivity contribution in [3.8, 4) is 0 Å². The Kier molecular flexibility index (Phi) is 3.51. The first-order valence-corrected chi connectivity index (χ1v) is 6.87. The van der Waals surface area contributed by atoms with Gasteiger partial charge in [0.25, 0.3) is 0 Å². The van der Waals surface area contributed by atoms with Gasteiger partial charge in [-0.2, -0.15) is 5.10 Å². The third-order valence-corrected chi connectivity index (χ3v) is 3.55. The average Bonchev–Trinajstić information content (AvgIpc) is 2.85. The molecule has 1 aliphatic heterocycles. The lowest BCUT2D eigenvalue weighted by Gasteiger charge is -2.21. The van der Waals surface area contributed by atoms with Gasteiger partial charge in [-0.15, -0.1) is 0 Å². The van der Waals surface area contributed by atoms with Crippen molar-refractivity contribution in [3.05, 3.63) is 47.3 Å². The molecule has 3 rings (SSSR count). The number of nitrogens with zero attached hydrogens (tertiary/aromatic N) is 2. The predicted molar refractivity (Wildman–Crippen MR) is 77.0 cm³/mol. The van der Waals surface area contributed by atoms with E-state index < -0.39 is 0 Å². The van der Waals surface area contributed by atoms with Crippen LogP contribution in [0.2, 0.25) is 0 Å². The topological polar surface area (TPSA) is 41.9 Å². The number of hydrogen-bond donors (Lipinski definition) is 2. The number of benzene rings is 1. The first-order valence-electron chi connectivity index (χ1n) is 6.87. The highest BCUT2D eigenvalue weighted by Gasteiger charge is 2.11. The number of nitrogens with one attached hydrogen (secondary N) is 2. The fourth-order valence-corrected chi connectivity index (χ4v) is 2.61. The van der Waals surface area contributed by atoms with Crippen molar-refractivity contribution in [2.45, 2.75) is 25.9 Å². The van der Waals surface area contributed by atoms with Crippen molar-refractivity contribution in [1.29, 1.82) is 0 Å². The van der Waals surface area contributed by atoms with E-state index in [1.165, 1.54) is 29.7 Å². The van der Waals surface area contributed by atoms with Crippen LogP contribution in [-0.4, -0.2) is 16.3 Å². The van der Waals surface area contributed by atoms with Gasteiger partial charge in [0.2, 0.25) is 0 Å². The molecule has 1 aliphatic rings. The highest BCUT2D eigenvalue weighted by Crippen LogP contribution is 2.25. The highest BCUT2D eigenvalue weighted by molar-refractivity contribution is 5.59. The number of rotatable bonds is 4. The second-order valence-corrected chi connectivity index (χ2v) is 5.07. The van der Waals surface area contributed by atoms with E-state index in [1.807, 2.05) is 24.0 Å². The van der Waals surface area contributed by atoms with Crippen molar-refractivity contribution < 1.29 is 0 Å². The fraction of sp³-hybridized carbons (Fsp3) is 0.400. The molecule has 0 amide bonds. The Morgan fingerprint density at radius 3 is 3.11 bits per heavy atom. The summed E-state index contributed by atoms with van der Waals surface area (Å²) in [6.07, 6.45) is 4.40. The van der Waals surface area contributed by atoms with Crippen LogP contribution in [0.1, 0.15) is 23.2 Å². The van der Waals surface area contributed by atoms with Crippen LogP contribution in [0.25, 0.3) is 0 Å². The lowest BCUT2D eigenvalue weighted by molar-refractivity contribution is 0.655. The summed E-state index contributed by atoms with van der Waals surface area (Å²) in [5.74, 6) is 0. The highest BCUT2D eigenvalue weighted by atomic mass is 15.3. The minimum Gasteiger partial charge on any atom is -0.385 e. The molecule has 0 radical (unpaired) electrons. The maximum absolute atomic E-state index is 4.37. The van der Waals surface area contributed by atoms with Crippen LogP contribution in [0.5, 0.6) is 0 Å². The standard InChI is InChI=1S/C15H20N4/c1-19-9-7-14(18-19)11-16-10-13-5-2-4-12-6-3-8-17-15(12)13/h2,4-5,7,9,16-17H,3,6,8,10-11H2,1H3. The Labute approximate surface area is 113 Å². The van der Waals surface area contributed by atoms with Crippen molar-refractivity contribution in [2.75, 3.05) is 11.9 Å². The normalized spacial score (nSPS) is 13.9. The summed E-state index contributed by atoms with van der Waals surface area (Å²) in [5, 5.41) is 11.4. The molecule has 0 unspecified atom stereocenters. The Bertz CT molecular complexity index is 559. The van der Waals surface area contributed by atoms with Crippen LogP contribution in [0.3, 0.4) is 0 Å². The maximum atomic E-state index is 4.37. The molecule has 2 N–H and O–H groups in total. The van der Waals surface area contributed by atoms with Gasteiger partial charge < -0.3 is 10.6 Å². The Balaban J connectivity index is 1.64. The molecule has 0 atom stereocenters. The number of aryl methyl sites for hydroxylation is 2. The zero-order chi connectivity index (χ0) is 13.1. The summed E-state index contributed by atoms with van der Waals surface area (Å²) in [5.41, 5.74) is 5.22. The monoisotopic (exact) mass is 256 g/mol. The lowest BCUT2D eigenvalue weighted by Crippen LogP contribution is -2.18. The van der Waals surface area contributed by atoms with Gasteiger partial charge >= 0.3 is 0 Å². The van der Waals surface area contributed by atoms with E-state index in [2.05, 4.69) is 33.9 Å². The van der Waals surface area contributed by atoms with Gasteiger partial charge in [0.05, 0.1) is 5.69 Å². The number of para-hydroxylation sites is 1. The summed E-state index contributed by atoms with van der Waals surface area (Å²) >= 11 is 0. The Morgan fingerprint density at radius 2 is 2.26 bits per heavy atom. The molecule has 0 spiro atoms. The SMILES string of the molecule is Cn1ccc(CNCc2cccc3c2NCCC3)n1. The van der Waals surface area contributed by atoms with Crippen LogP contribution in [-0.2, 0) is 26.6 Å². The predicted octanol–water partition coefficient (Wildman–Crippen LogP) is 2.07. The van der Waals surface area contributed by atoms with Crippen molar-refractivity contribution in [2.24, 2.45) is 7.05 Å². The molecular formula is C15H20N4. The average molecular weight is 256 g/mol. The molecule has 0 saturated carbocycles. The van der Waals surface area contributed by atoms with Gasteiger partial charge in [-0.1, -0.05) is 18.2 Å². The molecule has 0 saturated heterocycles. The quantitative estimate of drug-likeness (QED) is 0.880. The number of hydrogen-bond acceptors (Lipinski definition) is 3. The fourth-order valence-electron chi connectivity index (χ4n) is 2.61. The third-order valence-electron chi connectivity index (χ3n) is 3.55. The van der Waals surface area contributed by atoms with Crippen LogP contribution >= 0.6 is 0 Å². The number of fused-ring (bicyclic) bond motifs is 1. The molecule has 1 aromatic heterocycles. The van der Waals surface area contributed by atoms with Gasteiger partial charge in [0.1, 0.15) is 0 Å². The zero-order valence-corrected chi connectivity index (χ0v) is 11.3. The molecule has 0 aliphatic carbocycles. The van der Waals surface area contributed by atoms with Crippen LogP contribution in [0, 0.1) is 0 Å². The van der Waals surface area contributed by atoms with Crippen molar-refractivity contribution >= 4 is 5.69 Å². The van der Waals surface area contributed by atoms with Gasteiger partial charge in [0.15, 0.2) is 0 Å². The first-order chi connectivity index (χ1) is 9.33. The Morgan fingerprint density at radius 1 is 1.32 bits per heavy atom. The number of aromatic nitrogens is 2. The second-order valence-electron chi connectivity index (χ2n) is 5.07. The van der Waals surface area contributed by atoms with Crippen LogP contribution in [0.4, 0.5) is 5.69 Å². The lowest BCUT2D eigenvalue weighted by atomic mass is 9.99. The van der Waals surface area contributed by atoms with E-state index >= 15 is 0 Å². The molecule has 4 nitrogen and oxygen atoms in total. The second kappa shape index (κ2) is 5.45. The van der Waals surface area contributed by atoms with Crippen molar-refractivity contribution in [3.63, 3.8) is 0 Å². The summed E-state index contributed by atoms with van der Waals surface area (Å²) in [6, 6.07) is 8.63. The third kappa shape index (κ3) is 2.79. The van der Waals surface area contributed by atoms with E-state index in [1.54, 1.807) is 0 Å². The van der Waals surface area contributed by atoms with Gasteiger partial charge in [-0.05, 0) is 30.0 Å². The van der Waals surface area contributed by atoms with Crippen molar-refractivity contribution in [1.82, 2.24) is 15.1 Å². The Hall–Kier alpha value is -1.81. The smallest absolute Gasteiger partial charge is 0.0762 e. The molecule has 4 heteroatoms. The zero-order valence-electron chi connectivity index (χ0n) is 11.3. The summed E-state index contributed by atoms with van der Waals surface area (Å²) in [4.78, 5) is 0. The molecule has 0 bridgehead atoms. The van der Waals surface area contributed by atoms with Crippen LogP contribution in [0.15, 0.2) is 30.5 Å². The molecule has 19 heavy (non-hydrogen) atoms. The van der Waals surface area contributed by atoms with Crippen LogP contribution < -0.4 is 10.6 Å². The van der Waals surface area contributed by atoms with E-state index in [-0.39, 0.29) is 0 Å². The summed E-state index contributed by atoms with van der Waals surface area (Å²) in [6.45, 7) is 2.78. The molecule has 2 heterocycles. The van der Waals surface area contributed by atoms with E-state index in [0.29, 0.717) is 0 Å². The van der Waals surface area contributed by atoms with E-state index in [9.17, 15) is 0 Å². The van der Waals surface area contributed by atoms with Gasteiger partial charge in [-0.25, -0.2) is 0 Å². The van der Waals surface area contributed by atoms with Gasteiger partial charge in [0, 0.05) is 38.6 Å². The molecule has 2 aromatic rings. The van der Waals surface area contributed by atoms with Gasteiger partial charge in [-0.3, -0.25) is 4.68 Å². The minimum atomic E-state index is 0.810. The maximum Gasteiger partial charge on any atom is 0.0762 e. The van der Waals surface area contributed by atoms with E-state index in [0.717, 1.165) is 25.3 Å². The first kappa shape index (κ1) is 12.2. The molecular weight excluding hydrogens is 236 g/mol. The minimum absolute atomic E-state index is 0.810. The number of anilines is 1. The summed E-state index contributed by atoms with van der Waals surface area (Å²) < 4.78 is 1.84. The molecule has 0 fully saturated rings.